The van der Waals surface area contributed by atoms with Crippen molar-refractivity contribution < 1.29 is 23.9 Å². The number of carboxylic acid groups (broad SMARTS) is 1. The maximum Gasteiger partial charge on any atom is 0.341 e. The SMILES string of the molecule is O=C(O)c1cn(C2CC2)c2cc(N3CCN([C@@H]4CC(=O)N(c5cc(Cl)cc(Cl)c5)C4=O)CC3)c(F)cc2c1=O. The number of hydrogen-bond donors (Lipinski definition) is 1. The number of anilines is 2. The van der Waals surface area contributed by atoms with Crippen LogP contribution in [0.4, 0.5) is 15.8 Å². The highest BCUT2D eigenvalue weighted by Gasteiger charge is 2.43. The van der Waals surface area contributed by atoms with Crippen molar-refractivity contribution in [1.82, 2.24) is 9.47 Å². The molecule has 1 aliphatic carbocycles. The summed E-state index contributed by atoms with van der Waals surface area (Å²) in [6.45, 7) is 1.62. The molecule has 3 fully saturated rings. The van der Waals surface area contributed by atoms with E-state index in [2.05, 4.69) is 0 Å². The van der Waals surface area contributed by atoms with Crippen LogP contribution in [0.2, 0.25) is 10.0 Å². The van der Waals surface area contributed by atoms with Crippen molar-refractivity contribution >= 4 is 63.3 Å². The lowest BCUT2D eigenvalue weighted by Gasteiger charge is -2.38. The predicted molar refractivity (Wildman–Crippen MR) is 145 cm³/mol. The Morgan fingerprint density at radius 3 is 2.23 bits per heavy atom. The lowest BCUT2D eigenvalue weighted by atomic mass is 10.1. The number of amides is 2. The average Bonchev–Trinajstić information content (AvgIpc) is 3.68. The summed E-state index contributed by atoms with van der Waals surface area (Å²) in [7, 11) is 0. The van der Waals surface area contributed by atoms with Gasteiger partial charge in [0, 0.05) is 53.8 Å². The third kappa shape index (κ3) is 4.56. The van der Waals surface area contributed by atoms with Gasteiger partial charge in [0.2, 0.25) is 11.3 Å². The summed E-state index contributed by atoms with van der Waals surface area (Å²) in [5, 5.41) is 10.1. The van der Waals surface area contributed by atoms with E-state index in [-0.39, 0.29) is 35.2 Å². The van der Waals surface area contributed by atoms with E-state index in [0.717, 1.165) is 23.8 Å². The summed E-state index contributed by atoms with van der Waals surface area (Å²) in [5.74, 6) is -2.65. The molecule has 202 valence electrons. The van der Waals surface area contributed by atoms with Gasteiger partial charge in [0.15, 0.2) is 0 Å². The molecule has 0 bridgehead atoms. The quantitative estimate of drug-likeness (QED) is 0.462. The molecule has 39 heavy (non-hydrogen) atoms. The molecule has 0 unspecified atom stereocenters. The largest absolute Gasteiger partial charge is 0.477 e. The van der Waals surface area contributed by atoms with E-state index in [1.54, 1.807) is 10.6 Å². The minimum absolute atomic E-state index is 0.0207. The lowest BCUT2D eigenvalue weighted by molar-refractivity contribution is -0.123. The van der Waals surface area contributed by atoms with Crippen LogP contribution in [-0.4, -0.2) is 64.6 Å². The number of hydrogen-bond acceptors (Lipinski definition) is 6. The highest BCUT2D eigenvalue weighted by molar-refractivity contribution is 6.35. The van der Waals surface area contributed by atoms with Crippen molar-refractivity contribution in [3.8, 4) is 0 Å². The smallest absolute Gasteiger partial charge is 0.341 e. The third-order valence-corrected chi connectivity index (χ3v) is 8.03. The molecule has 2 amide bonds. The molecule has 6 rings (SSSR count). The molecule has 1 saturated carbocycles. The van der Waals surface area contributed by atoms with Crippen LogP contribution in [0.25, 0.3) is 10.9 Å². The van der Waals surface area contributed by atoms with Crippen molar-refractivity contribution in [2.75, 3.05) is 36.0 Å². The van der Waals surface area contributed by atoms with Crippen molar-refractivity contribution in [2.45, 2.75) is 31.3 Å². The van der Waals surface area contributed by atoms with Crippen LogP contribution in [0.15, 0.2) is 41.3 Å². The highest BCUT2D eigenvalue weighted by atomic mass is 35.5. The van der Waals surface area contributed by atoms with Gasteiger partial charge in [0.1, 0.15) is 11.4 Å². The molecule has 3 heterocycles. The highest BCUT2D eigenvalue weighted by Crippen LogP contribution is 2.38. The number of nitrogens with zero attached hydrogens (tertiary/aromatic N) is 4. The molecule has 2 aromatic carbocycles. The molecule has 1 N–H and O–H groups in total. The first-order chi connectivity index (χ1) is 18.6. The Bertz CT molecular complexity index is 1590. The van der Waals surface area contributed by atoms with Crippen LogP contribution in [-0.2, 0) is 9.59 Å². The first kappa shape index (κ1) is 25.8. The van der Waals surface area contributed by atoms with Gasteiger partial charge in [0.05, 0.1) is 29.4 Å². The Labute approximate surface area is 231 Å². The molecule has 1 atom stereocenters. The van der Waals surface area contributed by atoms with Crippen LogP contribution in [0.5, 0.6) is 0 Å². The van der Waals surface area contributed by atoms with E-state index in [1.807, 2.05) is 9.80 Å². The fourth-order valence-electron chi connectivity index (χ4n) is 5.52. The van der Waals surface area contributed by atoms with Crippen molar-refractivity contribution in [3.05, 3.63) is 68.2 Å². The molecular formula is C27H23Cl2FN4O5. The number of pyridine rings is 1. The van der Waals surface area contributed by atoms with Crippen LogP contribution in [0.1, 0.15) is 35.7 Å². The molecule has 2 saturated heterocycles. The Kier molecular flexibility index (Phi) is 6.36. The van der Waals surface area contributed by atoms with Gasteiger partial charge in [-0.05, 0) is 43.2 Å². The van der Waals surface area contributed by atoms with E-state index in [1.165, 1.54) is 24.4 Å². The number of imide groups is 1. The summed E-state index contributed by atoms with van der Waals surface area (Å²) >= 11 is 12.1. The number of carbonyl (C=O) groups excluding carboxylic acids is 2. The Hall–Kier alpha value is -3.47. The maximum atomic E-state index is 15.3. The van der Waals surface area contributed by atoms with Gasteiger partial charge in [-0.3, -0.25) is 19.3 Å². The first-order valence-corrected chi connectivity index (χ1v) is 13.3. The topological polar surface area (TPSA) is 103 Å². The molecule has 3 aromatic rings. The predicted octanol–water partition coefficient (Wildman–Crippen LogP) is 3.93. The van der Waals surface area contributed by atoms with Crippen LogP contribution >= 0.6 is 23.2 Å². The number of aromatic nitrogens is 1. The molecule has 3 aliphatic rings. The number of rotatable bonds is 5. The van der Waals surface area contributed by atoms with E-state index >= 15 is 4.39 Å². The number of aromatic carboxylic acids is 1. The maximum absolute atomic E-state index is 15.3. The second-order valence-electron chi connectivity index (χ2n) is 10.1. The van der Waals surface area contributed by atoms with E-state index in [4.69, 9.17) is 23.2 Å². The minimum atomic E-state index is -1.34. The third-order valence-electron chi connectivity index (χ3n) is 7.60. The second-order valence-corrected chi connectivity index (χ2v) is 10.9. The molecule has 9 nitrogen and oxygen atoms in total. The summed E-state index contributed by atoms with van der Waals surface area (Å²) < 4.78 is 17.1. The number of fused-ring (bicyclic) bond motifs is 1. The zero-order chi connectivity index (χ0) is 27.6. The number of benzene rings is 2. The van der Waals surface area contributed by atoms with Crippen molar-refractivity contribution in [2.24, 2.45) is 0 Å². The van der Waals surface area contributed by atoms with Gasteiger partial charge >= 0.3 is 5.97 Å². The number of carbonyl (C=O) groups is 3. The van der Waals surface area contributed by atoms with Crippen molar-refractivity contribution in [1.29, 1.82) is 0 Å². The van der Waals surface area contributed by atoms with E-state index in [9.17, 15) is 24.3 Å². The molecule has 12 heteroatoms. The van der Waals surface area contributed by atoms with Crippen molar-refractivity contribution in [3.63, 3.8) is 0 Å². The standard InChI is InChI=1S/C27H23Cl2FN4O5/c28-14-7-15(29)9-17(8-14)34-24(35)12-23(26(34)37)32-5-3-31(4-6-32)22-11-21-18(10-20(22)30)25(36)19(27(38)39)13-33(21)16-1-2-16/h7-11,13,16,23H,1-6,12H2,(H,38,39)/t23-/m1/s1. The molecule has 0 spiro atoms. The van der Waals surface area contributed by atoms with Crippen LogP contribution < -0.4 is 15.2 Å². The molecule has 0 radical (unpaired) electrons. The average molecular weight is 573 g/mol. The number of halogens is 3. The van der Waals surface area contributed by atoms with Crippen LogP contribution in [0.3, 0.4) is 0 Å². The first-order valence-electron chi connectivity index (χ1n) is 12.6. The number of piperazine rings is 1. The summed E-state index contributed by atoms with van der Waals surface area (Å²) in [5.41, 5.74) is 0.0519. The van der Waals surface area contributed by atoms with E-state index < -0.39 is 23.3 Å². The van der Waals surface area contributed by atoms with Gasteiger partial charge in [-0.2, -0.15) is 0 Å². The normalized spacial score (nSPS) is 20.3. The van der Waals surface area contributed by atoms with Gasteiger partial charge < -0.3 is 14.6 Å². The second kappa shape index (κ2) is 9.62. The fourth-order valence-corrected chi connectivity index (χ4v) is 6.04. The molecular weight excluding hydrogens is 550 g/mol. The summed E-state index contributed by atoms with van der Waals surface area (Å²) in [6, 6.07) is 6.73. The van der Waals surface area contributed by atoms with Crippen LogP contribution in [0, 0.1) is 5.82 Å². The monoisotopic (exact) mass is 572 g/mol. The van der Waals surface area contributed by atoms with E-state index in [0.29, 0.717) is 53.1 Å². The van der Waals surface area contributed by atoms with Gasteiger partial charge in [0.25, 0.3) is 5.91 Å². The zero-order valence-electron chi connectivity index (χ0n) is 20.6. The minimum Gasteiger partial charge on any atom is -0.477 e. The Balaban J connectivity index is 1.23. The number of carboxylic acids is 1. The fraction of sp³-hybridized carbons (Fsp3) is 0.333. The summed E-state index contributed by atoms with van der Waals surface area (Å²) in [6.07, 6.45) is 3.09. The summed E-state index contributed by atoms with van der Waals surface area (Å²) in [4.78, 5) is 55.2. The zero-order valence-corrected chi connectivity index (χ0v) is 22.1. The van der Waals surface area contributed by atoms with Gasteiger partial charge in [-0.1, -0.05) is 23.2 Å². The molecule has 2 aliphatic heterocycles. The molecule has 1 aromatic heterocycles. The van der Waals surface area contributed by atoms with Gasteiger partial charge in [-0.25, -0.2) is 14.1 Å². The Morgan fingerprint density at radius 1 is 0.949 bits per heavy atom. The Morgan fingerprint density at radius 2 is 1.62 bits per heavy atom. The van der Waals surface area contributed by atoms with Gasteiger partial charge in [-0.15, -0.1) is 0 Å². The lowest BCUT2D eigenvalue weighted by Crippen LogP contribution is -2.52.